The Morgan fingerprint density at radius 3 is 2.40 bits per heavy atom. The Balaban J connectivity index is 3.75. The van der Waals surface area contributed by atoms with Crippen LogP contribution in [0.4, 0.5) is 0 Å². The van der Waals surface area contributed by atoms with Crippen molar-refractivity contribution in [2.75, 3.05) is 6.61 Å². The third kappa shape index (κ3) is 3.58. The molecule has 60 valence electrons. The van der Waals surface area contributed by atoms with E-state index < -0.39 is 11.5 Å². The molecular formula is C7H14O3. The van der Waals surface area contributed by atoms with E-state index in [0.29, 0.717) is 6.42 Å². The van der Waals surface area contributed by atoms with Gasteiger partial charge in [0.05, 0.1) is 12.7 Å². The Bertz CT molecular complexity index is 109. The smallest absolute Gasteiger partial charge is 0.125 e. The van der Waals surface area contributed by atoms with E-state index in [0.717, 1.165) is 6.29 Å². The van der Waals surface area contributed by atoms with Gasteiger partial charge in [0, 0.05) is 5.41 Å². The maximum Gasteiger partial charge on any atom is 0.125 e. The summed E-state index contributed by atoms with van der Waals surface area (Å²) in [5.74, 6) is 0. The molecule has 0 aromatic rings. The molecule has 0 spiro atoms. The minimum atomic E-state index is -0.778. The van der Waals surface area contributed by atoms with Gasteiger partial charge in [-0.2, -0.15) is 0 Å². The average molecular weight is 146 g/mol. The van der Waals surface area contributed by atoms with Gasteiger partial charge in [-0.25, -0.2) is 0 Å². The lowest BCUT2D eigenvalue weighted by Gasteiger charge is -2.18. The van der Waals surface area contributed by atoms with E-state index in [1.54, 1.807) is 13.8 Å². The third-order valence-corrected chi connectivity index (χ3v) is 1.29. The molecule has 0 fully saturated rings. The van der Waals surface area contributed by atoms with E-state index in [-0.39, 0.29) is 6.61 Å². The molecule has 0 heterocycles. The molecule has 1 atom stereocenters. The third-order valence-electron chi connectivity index (χ3n) is 1.29. The van der Waals surface area contributed by atoms with Crippen LogP contribution in [-0.4, -0.2) is 29.2 Å². The lowest BCUT2D eigenvalue weighted by molar-refractivity contribution is -0.116. The average Bonchev–Trinajstić information content (AvgIpc) is 1.87. The molecule has 0 aromatic heterocycles. The summed E-state index contributed by atoms with van der Waals surface area (Å²) < 4.78 is 0. The van der Waals surface area contributed by atoms with E-state index in [1.807, 2.05) is 0 Å². The van der Waals surface area contributed by atoms with Crippen LogP contribution in [0.25, 0.3) is 0 Å². The van der Waals surface area contributed by atoms with Crippen molar-refractivity contribution in [1.82, 2.24) is 0 Å². The fourth-order valence-electron chi connectivity index (χ4n) is 0.720. The van der Waals surface area contributed by atoms with Gasteiger partial charge in [-0.15, -0.1) is 0 Å². The Kier molecular flexibility index (Phi) is 3.53. The first-order chi connectivity index (χ1) is 4.52. The fraction of sp³-hybridized carbons (Fsp3) is 0.857. The molecule has 0 aliphatic rings. The van der Waals surface area contributed by atoms with Crippen LogP contribution >= 0.6 is 0 Å². The first-order valence-corrected chi connectivity index (χ1v) is 3.27. The second kappa shape index (κ2) is 3.68. The number of hydrogen-bond acceptors (Lipinski definition) is 3. The van der Waals surface area contributed by atoms with Gasteiger partial charge < -0.3 is 15.0 Å². The molecule has 0 rings (SSSR count). The van der Waals surface area contributed by atoms with Gasteiger partial charge in [-0.3, -0.25) is 0 Å². The topological polar surface area (TPSA) is 57.5 Å². The van der Waals surface area contributed by atoms with Crippen molar-refractivity contribution < 1.29 is 15.0 Å². The second-order valence-electron chi connectivity index (χ2n) is 3.15. The van der Waals surface area contributed by atoms with Gasteiger partial charge in [0.25, 0.3) is 0 Å². The molecule has 10 heavy (non-hydrogen) atoms. The number of aliphatic hydroxyl groups is 2. The summed E-state index contributed by atoms with van der Waals surface area (Å²) in [7, 11) is 0. The number of aliphatic hydroxyl groups excluding tert-OH is 2. The molecule has 0 saturated carbocycles. The van der Waals surface area contributed by atoms with Crippen LogP contribution in [0.3, 0.4) is 0 Å². The van der Waals surface area contributed by atoms with Crippen LogP contribution in [0.2, 0.25) is 0 Å². The highest BCUT2D eigenvalue weighted by Gasteiger charge is 2.20. The summed E-state index contributed by atoms with van der Waals surface area (Å²) in [6, 6.07) is 0. The molecule has 1 unspecified atom stereocenters. The van der Waals surface area contributed by atoms with E-state index >= 15 is 0 Å². The highest BCUT2D eigenvalue weighted by molar-refractivity contribution is 5.57. The van der Waals surface area contributed by atoms with Crippen molar-refractivity contribution in [3.05, 3.63) is 0 Å². The number of hydrogen-bond donors (Lipinski definition) is 2. The number of rotatable bonds is 4. The van der Waals surface area contributed by atoms with Gasteiger partial charge in [0.15, 0.2) is 0 Å². The van der Waals surface area contributed by atoms with Crippen LogP contribution in [0.5, 0.6) is 0 Å². The maximum atomic E-state index is 10.3. The van der Waals surface area contributed by atoms with Crippen LogP contribution in [-0.2, 0) is 4.79 Å². The zero-order chi connectivity index (χ0) is 8.20. The molecule has 0 bridgehead atoms. The van der Waals surface area contributed by atoms with Crippen molar-refractivity contribution in [1.29, 1.82) is 0 Å². The second-order valence-corrected chi connectivity index (χ2v) is 3.15. The Morgan fingerprint density at radius 1 is 1.60 bits per heavy atom. The van der Waals surface area contributed by atoms with Crippen LogP contribution < -0.4 is 0 Å². The van der Waals surface area contributed by atoms with Gasteiger partial charge in [-0.05, 0) is 6.42 Å². The molecule has 0 saturated heterocycles. The van der Waals surface area contributed by atoms with Crippen LogP contribution in [0, 0.1) is 5.41 Å². The SMILES string of the molecule is CC(C)(C=O)CC(O)CO. The van der Waals surface area contributed by atoms with E-state index in [2.05, 4.69) is 0 Å². The first kappa shape index (κ1) is 9.59. The molecule has 3 heteroatoms. The van der Waals surface area contributed by atoms with E-state index in [1.165, 1.54) is 0 Å². The monoisotopic (exact) mass is 146 g/mol. The zero-order valence-corrected chi connectivity index (χ0v) is 6.37. The molecule has 3 nitrogen and oxygen atoms in total. The highest BCUT2D eigenvalue weighted by atomic mass is 16.3. The van der Waals surface area contributed by atoms with Crippen molar-refractivity contribution in [3.63, 3.8) is 0 Å². The number of carbonyl (C=O) groups is 1. The van der Waals surface area contributed by atoms with Gasteiger partial charge in [-0.1, -0.05) is 13.8 Å². The Morgan fingerprint density at radius 2 is 2.10 bits per heavy atom. The summed E-state index contributed by atoms with van der Waals surface area (Å²) in [4.78, 5) is 10.3. The lowest BCUT2D eigenvalue weighted by Crippen LogP contribution is -2.24. The van der Waals surface area contributed by atoms with Crippen molar-refractivity contribution >= 4 is 6.29 Å². The van der Waals surface area contributed by atoms with Crippen LogP contribution in [0.1, 0.15) is 20.3 Å². The summed E-state index contributed by atoms with van der Waals surface area (Å²) in [5, 5.41) is 17.3. The minimum absolute atomic E-state index is 0.280. The van der Waals surface area contributed by atoms with Crippen molar-refractivity contribution in [2.45, 2.75) is 26.4 Å². The standard InChI is InChI=1S/C7H14O3/c1-7(2,5-9)3-6(10)4-8/h5-6,8,10H,3-4H2,1-2H3. The van der Waals surface area contributed by atoms with E-state index in [9.17, 15) is 4.79 Å². The lowest BCUT2D eigenvalue weighted by atomic mass is 9.89. The molecule has 0 aliphatic heterocycles. The van der Waals surface area contributed by atoms with E-state index in [4.69, 9.17) is 10.2 Å². The van der Waals surface area contributed by atoms with Crippen LogP contribution in [0.15, 0.2) is 0 Å². The Labute approximate surface area is 60.7 Å². The molecule has 0 aliphatic carbocycles. The van der Waals surface area contributed by atoms with Gasteiger partial charge in [0.2, 0.25) is 0 Å². The van der Waals surface area contributed by atoms with Gasteiger partial charge in [0.1, 0.15) is 6.29 Å². The Hall–Kier alpha value is -0.410. The van der Waals surface area contributed by atoms with Crippen molar-refractivity contribution in [3.8, 4) is 0 Å². The van der Waals surface area contributed by atoms with Crippen molar-refractivity contribution in [2.24, 2.45) is 5.41 Å². The molecular weight excluding hydrogens is 132 g/mol. The fourth-order valence-corrected chi connectivity index (χ4v) is 0.720. The molecule has 0 amide bonds. The maximum absolute atomic E-state index is 10.3. The molecule has 0 radical (unpaired) electrons. The quantitative estimate of drug-likeness (QED) is 0.547. The predicted molar refractivity (Wildman–Crippen MR) is 37.6 cm³/mol. The first-order valence-electron chi connectivity index (χ1n) is 3.27. The molecule has 2 N–H and O–H groups in total. The normalized spacial score (nSPS) is 14.8. The predicted octanol–water partition coefficient (Wildman–Crippen LogP) is -0.0452. The molecule has 0 aromatic carbocycles. The zero-order valence-electron chi connectivity index (χ0n) is 6.37. The number of carbonyl (C=O) groups excluding carboxylic acids is 1. The number of aldehydes is 1. The minimum Gasteiger partial charge on any atom is -0.394 e. The van der Waals surface area contributed by atoms with Gasteiger partial charge >= 0.3 is 0 Å². The summed E-state index contributed by atoms with van der Waals surface area (Å²) in [6.45, 7) is 3.16. The summed E-state index contributed by atoms with van der Waals surface area (Å²) >= 11 is 0. The largest absolute Gasteiger partial charge is 0.394 e. The highest BCUT2D eigenvalue weighted by Crippen LogP contribution is 2.18. The summed E-state index contributed by atoms with van der Waals surface area (Å²) in [6.07, 6.45) is 0.319. The summed E-state index contributed by atoms with van der Waals surface area (Å²) in [5.41, 5.74) is -0.526.